The van der Waals surface area contributed by atoms with Gasteiger partial charge in [-0.3, -0.25) is 9.59 Å². The lowest BCUT2D eigenvalue weighted by Gasteiger charge is -2.27. The van der Waals surface area contributed by atoms with E-state index in [9.17, 15) is 9.59 Å². The normalized spacial score (nSPS) is 29.1. The Balaban J connectivity index is 1.81. The Morgan fingerprint density at radius 1 is 1.20 bits per heavy atom. The number of ether oxygens (including phenoxy) is 1. The topological polar surface area (TPSA) is 79.5 Å². The lowest BCUT2D eigenvalue weighted by atomic mass is 9.82. The van der Waals surface area contributed by atoms with Crippen LogP contribution >= 0.6 is 0 Å². The summed E-state index contributed by atoms with van der Waals surface area (Å²) in [5, 5.41) is 9.21. The first-order valence-corrected chi connectivity index (χ1v) is 8.77. The number of hydrogen-bond donors (Lipinski definition) is 3. The fourth-order valence-corrected chi connectivity index (χ4v) is 3.29. The molecule has 2 atom stereocenters. The van der Waals surface area contributed by atoms with Crippen molar-refractivity contribution in [2.24, 2.45) is 5.41 Å². The van der Waals surface area contributed by atoms with Crippen LogP contribution in [0.25, 0.3) is 0 Å². The van der Waals surface area contributed by atoms with Gasteiger partial charge in [-0.15, -0.1) is 0 Å². The molecule has 0 aliphatic carbocycles. The van der Waals surface area contributed by atoms with E-state index in [0.717, 1.165) is 13.0 Å². The number of hydrogen-bond acceptors (Lipinski definition) is 4. The van der Waals surface area contributed by atoms with Crippen molar-refractivity contribution in [2.45, 2.75) is 25.8 Å². The summed E-state index contributed by atoms with van der Waals surface area (Å²) >= 11 is 0. The van der Waals surface area contributed by atoms with Gasteiger partial charge in [0.15, 0.2) is 0 Å². The highest BCUT2D eigenvalue weighted by Crippen LogP contribution is 2.30. The molecular weight excluding hydrogens is 318 g/mol. The maximum Gasteiger partial charge on any atom is 0.255 e. The number of amides is 2. The number of fused-ring (bicyclic) bond motifs is 1. The van der Waals surface area contributed by atoms with Crippen LogP contribution in [0.15, 0.2) is 36.4 Å². The minimum absolute atomic E-state index is 0.0432. The van der Waals surface area contributed by atoms with Gasteiger partial charge in [0.25, 0.3) is 5.91 Å². The molecule has 3 N–H and O–H groups in total. The Hall–Kier alpha value is -2.34. The van der Waals surface area contributed by atoms with Crippen molar-refractivity contribution in [3.05, 3.63) is 42.0 Å². The second-order valence-electron chi connectivity index (χ2n) is 6.77. The predicted octanol–water partition coefficient (Wildman–Crippen LogP) is 1.24. The number of nitrogens with one attached hydrogen (secondary N) is 3. The summed E-state index contributed by atoms with van der Waals surface area (Å²) in [6.45, 7) is 4.17. The van der Waals surface area contributed by atoms with Gasteiger partial charge in [0, 0.05) is 19.1 Å². The number of carbonyl (C=O) groups is 2. The molecule has 1 fully saturated rings. The Kier molecular flexibility index (Phi) is 5.38. The first-order chi connectivity index (χ1) is 12.1. The first kappa shape index (κ1) is 17.5. The Morgan fingerprint density at radius 2 is 2.04 bits per heavy atom. The molecule has 1 unspecified atom stereocenters. The maximum atomic E-state index is 12.7. The molecule has 0 radical (unpaired) electrons. The highest BCUT2D eigenvalue weighted by molar-refractivity contribution is 5.97. The van der Waals surface area contributed by atoms with Crippen LogP contribution in [0.1, 0.15) is 30.1 Å². The molecule has 0 aromatic heterocycles. The SMILES string of the molecule is C[C@H]1CNC(=O)C2(C/C=C\COc3ccccc3C(=O)N1)CCNC2. The highest BCUT2D eigenvalue weighted by Gasteiger charge is 2.40. The van der Waals surface area contributed by atoms with E-state index in [1.54, 1.807) is 12.1 Å². The van der Waals surface area contributed by atoms with Crippen LogP contribution in [0.3, 0.4) is 0 Å². The monoisotopic (exact) mass is 343 g/mol. The van der Waals surface area contributed by atoms with Gasteiger partial charge in [-0.2, -0.15) is 0 Å². The fourth-order valence-electron chi connectivity index (χ4n) is 3.29. The number of rotatable bonds is 0. The molecule has 134 valence electrons. The molecule has 0 bridgehead atoms. The van der Waals surface area contributed by atoms with Gasteiger partial charge in [0.2, 0.25) is 5.91 Å². The lowest BCUT2D eigenvalue weighted by molar-refractivity contribution is -0.130. The van der Waals surface area contributed by atoms with E-state index in [4.69, 9.17) is 4.74 Å². The van der Waals surface area contributed by atoms with Crippen LogP contribution < -0.4 is 20.7 Å². The van der Waals surface area contributed by atoms with Crippen LogP contribution in [-0.2, 0) is 4.79 Å². The largest absolute Gasteiger partial charge is 0.489 e. The van der Waals surface area contributed by atoms with Crippen LogP contribution in [0.4, 0.5) is 0 Å². The summed E-state index contributed by atoms with van der Waals surface area (Å²) in [6.07, 6.45) is 5.41. The van der Waals surface area contributed by atoms with Crippen molar-refractivity contribution in [2.75, 3.05) is 26.2 Å². The number of benzene rings is 1. The van der Waals surface area contributed by atoms with E-state index in [0.29, 0.717) is 37.4 Å². The van der Waals surface area contributed by atoms with Gasteiger partial charge < -0.3 is 20.7 Å². The molecule has 2 heterocycles. The maximum absolute atomic E-state index is 12.7. The molecule has 3 rings (SSSR count). The summed E-state index contributed by atoms with van der Waals surface area (Å²) in [5.74, 6) is 0.410. The molecular formula is C19H25N3O3. The van der Waals surface area contributed by atoms with E-state index < -0.39 is 5.41 Å². The van der Waals surface area contributed by atoms with Gasteiger partial charge in [-0.05, 0) is 38.4 Å². The average molecular weight is 343 g/mol. The van der Waals surface area contributed by atoms with Crippen LogP contribution in [0.5, 0.6) is 5.75 Å². The zero-order valence-electron chi connectivity index (χ0n) is 14.5. The van der Waals surface area contributed by atoms with Crippen molar-refractivity contribution in [1.29, 1.82) is 0 Å². The van der Waals surface area contributed by atoms with Gasteiger partial charge in [0.1, 0.15) is 12.4 Å². The highest BCUT2D eigenvalue weighted by atomic mass is 16.5. The smallest absolute Gasteiger partial charge is 0.255 e. The molecule has 6 heteroatoms. The van der Waals surface area contributed by atoms with Crippen LogP contribution in [0.2, 0.25) is 0 Å². The lowest BCUT2D eigenvalue weighted by Crippen LogP contribution is -2.48. The third-order valence-corrected chi connectivity index (χ3v) is 4.81. The van der Waals surface area contributed by atoms with E-state index in [-0.39, 0.29) is 17.9 Å². The summed E-state index contributed by atoms with van der Waals surface area (Å²) in [6, 6.07) is 7.02. The summed E-state index contributed by atoms with van der Waals surface area (Å²) in [7, 11) is 0. The fraction of sp³-hybridized carbons (Fsp3) is 0.474. The van der Waals surface area contributed by atoms with E-state index in [1.165, 1.54) is 0 Å². The molecule has 1 aromatic carbocycles. The molecule has 0 saturated carbocycles. The average Bonchev–Trinajstić information content (AvgIpc) is 3.09. The molecule has 1 spiro atoms. The molecule has 1 saturated heterocycles. The number of para-hydroxylation sites is 1. The molecule has 1 aromatic rings. The predicted molar refractivity (Wildman–Crippen MR) is 95.6 cm³/mol. The van der Waals surface area contributed by atoms with Gasteiger partial charge in [-0.1, -0.05) is 24.3 Å². The minimum Gasteiger partial charge on any atom is -0.489 e. The molecule has 6 nitrogen and oxygen atoms in total. The molecule has 2 aliphatic rings. The van der Waals surface area contributed by atoms with Gasteiger partial charge in [-0.25, -0.2) is 0 Å². The van der Waals surface area contributed by atoms with Crippen molar-refractivity contribution in [3.8, 4) is 5.75 Å². The second-order valence-corrected chi connectivity index (χ2v) is 6.77. The number of allylic oxidation sites excluding steroid dienone is 1. The Morgan fingerprint density at radius 3 is 2.84 bits per heavy atom. The van der Waals surface area contributed by atoms with E-state index in [2.05, 4.69) is 16.0 Å². The second kappa shape index (κ2) is 7.70. The van der Waals surface area contributed by atoms with Crippen molar-refractivity contribution < 1.29 is 14.3 Å². The zero-order chi connectivity index (χ0) is 17.7. The molecule has 2 amide bonds. The first-order valence-electron chi connectivity index (χ1n) is 8.77. The summed E-state index contributed by atoms with van der Waals surface area (Å²) < 4.78 is 5.75. The quantitative estimate of drug-likeness (QED) is 0.619. The molecule has 25 heavy (non-hydrogen) atoms. The van der Waals surface area contributed by atoms with Crippen molar-refractivity contribution >= 4 is 11.8 Å². The zero-order valence-corrected chi connectivity index (χ0v) is 14.5. The third-order valence-electron chi connectivity index (χ3n) is 4.81. The van der Waals surface area contributed by atoms with Crippen molar-refractivity contribution in [1.82, 2.24) is 16.0 Å². The van der Waals surface area contributed by atoms with Crippen LogP contribution in [0, 0.1) is 5.41 Å². The Bertz CT molecular complexity index is 666. The Labute approximate surface area is 148 Å². The van der Waals surface area contributed by atoms with Crippen LogP contribution in [-0.4, -0.2) is 44.1 Å². The third kappa shape index (κ3) is 4.02. The van der Waals surface area contributed by atoms with Crippen molar-refractivity contribution in [3.63, 3.8) is 0 Å². The minimum atomic E-state index is -0.414. The van der Waals surface area contributed by atoms with E-state index in [1.807, 2.05) is 31.2 Å². The summed E-state index contributed by atoms with van der Waals surface area (Å²) in [4.78, 5) is 25.2. The summed E-state index contributed by atoms with van der Waals surface area (Å²) in [5.41, 5.74) is 0.0880. The van der Waals surface area contributed by atoms with Gasteiger partial charge >= 0.3 is 0 Å². The standard InChI is InChI=1S/C19H25N3O3/c1-14-12-21-18(24)19(9-10-20-13-19)8-4-5-11-25-16-7-3-2-6-15(16)17(23)22-14/h2-7,14,20H,8-13H2,1H3,(H,21,24)(H,22,23)/b5-4-/t14-,19?/m0/s1. The number of carbonyl (C=O) groups excluding carboxylic acids is 2. The molecule has 2 aliphatic heterocycles. The van der Waals surface area contributed by atoms with Gasteiger partial charge in [0.05, 0.1) is 11.0 Å². The van der Waals surface area contributed by atoms with E-state index >= 15 is 0 Å².